The smallest absolute Gasteiger partial charge is 0.269 e. The Hall–Kier alpha value is -4.79. The van der Waals surface area contributed by atoms with Crippen LogP contribution in [0.2, 0.25) is 5.02 Å². The van der Waals surface area contributed by atoms with E-state index in [1.165, 1.54) is 26.4 Å². The molecule has 0 saturated carbocycles. The lowest BCUT2D eigenvalue weighted by molar-refractivity contribution is -0.115. The molecule has 1 amide bonds. The molecule has 5 aromatic rings. The van der Waals surface area contributed by atoms with Gasteiger partial charge in [-0.3, -0.25) is 4.79 Å². The van der Waals surface area contributed by atoms with Crippen LogP contribution in [0.1, 0.15) is 11.1 Å². The van der Waals surface area contributed by atoms with Gasteiger partial charge in [0.15, 0.2) is 11.6 Å². The zero-order chi connectivity index (χ0) is 32.6. The number of sulfonamides is 1. The van der Waals surface area contributed by atoms with Crippen molar-refractivity contribution in [1.29, 1.82) is 0 Å². The largest absolute Gasteiger partial charge is 0.497 e. The molecule has 0 unspecified atom stereocenters. The molecule has 0 atom stereocenters. The molecule has 0 spiro atoms. The van der Waals surface area contributed by atoms with E-state index >= 15 is 8.78 Å². The van der Waals surface area contributed by atoms with E-state index in [-0.39, 0.29) is 29.8 Å². The van der Waals surface area contributed by atoms with Crippen molar-refractivity contribution >= 4 is 49.9 Å². The minimum atomic E-state index is -4.74. The number of rotatable bonds is 10. The van der Waals surface area contributed by atoms with Gasteiger partial charge in [-0.25, -0.2) is 26.5 Å². The van der Waals surface area contributed by atoms with Gasteiger partial charge in [-0.05, 0) is 53.6 Å². The maximum absolute atomic E-state index is 15.7. The minimum absolute atomic E-state index is 0.0740. The molecule has 236 valence electrons. The van der Waals surface area contributed by atoms with Crippen LogP contribution in [0.5, 0.6) is 23.0 Å². The van der Waals surface area contributed by atoms with Crippen LogP contribution in [0.15, 0.2) is 78.0 Å². The van der Waals surface area contributed by atoms with Crippen molar-refractivity contribution in [1.82, 2.24) is 9.36 Å². The van der Waals surface area contributed by atoms with Crippen molar-refractivity contribution in [2.45, 2.75) is 17.9 Å². The number of nitrogens with zero attached hydrogens (tertiary/aromatic N) is 3. The highest BCUT2D eigenvalue weighted by molar-refractivity contribution is 7.93. The Morgan fingerprint density at radius 3 is 2.52 bits per heavy atom. The van der Waals surface area contributed by atoms with Crippen molar-refractivity contribution in [3.05, 3.63) is 101 Å². The predicted molar refractivity (Wildman–Crippen MR) is 168 cm³/mol. The van der Waals surface area contributed by atoms with Gasteiger partial charge in [0.2, 0.25) is 11.0 Å². The second kappa shape index (κ2) is 12.5. The van der Waals surface area contributed by atoms with E-state index < -0.39 is 32.3 Å². The fraction of sp³-hybridized carbons (Fsp3) is 0.129. The lowest BCUT2D eigenvalue weighted by Crippen LogP contribution is -2.31. The summed E-state index contributed by atoms with van der Waals surface area (Å²) in [4.78, 5) is 14.9. The lowest BCUT2D eigenvalue weighted by atomic mass is 10.0. The molecule has 1 aliphatic heterocycles. The lowest BCUT2D eigenvalue weighted by Gasteiger charge is -2.23. The van der Waals surface area contributed by atoms with Gasteiger partial charge >= 0.3 is 0 Å². The summed E-state index contributed by atoms with van der Waals surface area (Å²) in [5.74, 6) is -2.19. The number of hydrogen-bond donors (Lipinski definition) is 1. The van der Waals surface area contributed by atoms with Gasteiger partial charge in [0, 0.05) is 51.6 Å². The van der Waals surface area contributed by atoms with Gasteiger partial charge in [0.05, 0.1) is 27.2 Å². The van der Waals surface area contributed by atoms with Crippen LogP contribution in [0, 0.1) is 11.6 Å². The quantitative estimate of drug-likeness (QED) is 0.170. The van der Waals surface area contributed by atoms with Gasteiger partial charge < -0.3 is 19.5 Å². The predicted octanol–water partition coefficient (Wildman–Crippen LogP) is 6.84. The molecule has 0 fully saturated rings. The standard InChI is InChI=1S/C31H23ClF2N4O6S2/c1-42-21-6-3-18(27(12-21)43-2)15-38(31-35-16-36-45-31)46(40,41)29-14-23(33)28(13-24(29)34)44-26-8-5-20(32)11-22(26)17-4-7-25-19(9-17)10-30(39)37-25/h3-9,11-14,16H,10,15H2,1-2H3,(H,37,39). The minimum Gasteiger partial charge on any atom is -0.497 e. The number of amides is 1. The maximum atomic E-state index is 15.7. The molecule has 1 aliphatic rings. The Morgan fingerprint density at radius 1 is 0.957 bits per heavy atom. The molecule has 6 rings (SSSR count). The molecular formula is C31H23ClF2N4O6S2. The van der Waals surface area contributed by atoms with E-state index in [0.717, 1.165) is 27.7 Å². The number of benzene rings is 4. The first kappa shape index (κ1) is 31.2. The zero-order valence-corrected chi connectivity index (χ0v) is 26.5. The Labute approximate surface area is 271 Å². The van der Waals surface area contributed by atoms with E-state index in [0.29, 0.717) is 51.0 Å². The molecule has 2 heterocycles. The van der Waals surface area contributed by atoms with Crippen LogP contribution < -0.4 is 23.8 Å². The molecule has 0 bridgehead atoms. The number of fused-ring (bicyclic) bond motifs is 1. The summed E-state index contributed by atoms with van der Waals surface area (Å²) in [6.07, 6.45) is 1.34. The van der Waals surface area contributed by atoms with E-state index in [9.17, 15) is 13.2 Å². The fourth-order valence-electron chi connectivity index (χ4n) is 4.91. The maximum Gasteiger partial charge on any atom is 0.269 e. The van der Waals surface area contributed by atoms with Crippen molar-refractivity contribution in [3.63, 3.8) is 0 Å². The van der Waals surface area contributed by atoms with Gasteiger partial charge in [-0.2, -0.15) is 4.37 Å². The number of nitrogens with one attached hydrogen (secondary N) is 1. The van der Waals surface area contributed by atoms with Crippen LogP contribution in [-0.2, 0) is 27.8 Å². The molecule has 1 aromatic heterocycles. The summed E-state index contributed by atoms with van der Waals surface area (Å²) in [5, 5.41) is 3.04. The zero-order valence-electron chi connectivity index (χ0n) is 24.1. The van der Waals surface area contributed by atoms with E-state index in [1.54, 1.807) is 42.5 Å². The van der Waals surface area contributed by atoms with E-state index in [1.807, 2.05) is 0 Å². The second-order valence-corrected chi connectivity index (χ2v) is 13.0. The number of aromatic nitrogens is 2. The van der Waals surface area contributed by atoms with E-state index in [4.69, 9.17) is 25.8 Å². The van der Waals surface area contributed by atoms with Gasteiger partial charge in [0.1, 0.15) is 34.3 Å². The summed E-state index contributed by atoms with van der Waals surface area (Å²) in [6.45, 7) is -0.333. The van der Waals surface area contributed by atoms with Gasteiger partial charge in [0.25, 0.3) is 10.0 Å². The third kappa shape index (κ3) is 6.06. The van der Waals surface area contributed by atoms with Crippen LogP contribution in [0.3, 0.4) is 0 Å². The molecule has 46 heavy (non-hydrogen) atoms. The molecular weight excluding hydrogens is 662 g/mol. The number of halogens is 3. The van der Waals surface area contributed by atoms with E-state index in [2.05, 4.69) is 14.7 Å². The number of anilines is 2. The third-order valence-electron chi connectivity index (χ3n) is 7.13. The molecule has 0 aliphatic carbocycles. The number of hydrogen-bond acceptors (Lipinski definition) is 9. The van der Waals surface area contributed by atoms with Crippen molar-refractivity contribution in [2.75, 3.05) is 23.8 Å². The molecule has 1 N–H and O–H groups in total. The molecule has 0 radical (unpaired) electrons. The Morgan fingerprint density at radius 2 is 1.78 bits per heavy atom. The summed E-state index contributed by atoms with van der Waals surface area (Å²) in [7, 11) is -1.86. The van der Waals surface area contributed by atoms with Crippen molar-refractivity contribution in [3.8, 4) is 34.1 Å². The fourth-order valence-corrected chi connectivity index (χ4v) is 7.27. The molecule has 0 saturated heterocycles. The highest BCUT2D eigenvalue weighted by Crippen LogP contribution is 2.40. The summed E-state index contributed by atoms with van der Waals surface area (Å²) >= 11 is 7.01. The van der Waals surface area contributed by atoms with Crippen LogP contribution in [0.4, 0.5) is 19.6 Å². The average molecular weight is 685 g/mol. The second-order valence-electron chi connectivity index (χ2n) is 9.97. The van der Waals surface area contributed by atoms with Crippen molar-refractivity contribution in [2.24, 2.45) is 0 Å². The topological polar surface area (TPSA) is 120 Å². The molecule has 4 aromatic carbocycles. The van der Waals surface area contributed by atoms with Crippen LogP contribution in [0.25, 0.3) is 11.1 Å². The number of methoxy groups -OCH3 is 2. The van der Waals surface area contributed by atoms with Crippen LogP contribution >= 0.6 is 23.1 Å². The molecule has 15 heteroatoms. The highest BCUT2D eigenvalue weighted by atomic mass is 35.5. The molecule has 10 nitrogen and oxygen atoms in total. The number of ether oxygens (including phenoxy) is 3. The van der Waals surface area contributed by atoms with Crippen LogP contribution in [-0.4, -0.2) is 37.9 Å². The Bertz CT molecular complexity index is 2080. The highest BCUT2D eigenvalue weighted by Gasteiger charge is 2.33. The first-order valence-corrected chi connectivity index (χ1v) is 16.1. The number of carbonyl (C=O) groups excluding carboxylic acids is 1. The normalized spacial score (nSPS) is 12.4. The number of carbonyl (C=O) groups is 1. The Balaban J connectivity index is 1.35. The van der Waals surface area contributed by atoms with Gasteiger partial charge in [-0.1, -0.05) is 17.7 Å². The van der Waals surface area contributed by atoms with Gasteiger partial charge in [-0.15, -0.1) is 0 Å². The third-order valence-corrected chi connectivity index (χ3v) is 9.92. The summed E-state index contributed by atoms with van der Waals surface area (Å²) < 4.78 is 80.2. The summed E-state index contributed by atoms with van der Waals surface area (Å²) in [6, 6.07) is 15.8. The first-order valence-electron chi connectivity index (χ1n) is 13.5. The summed E-state index contributed by atoms with van der Waals surface area (Å²) in [5.41, 5.74) is 2.91. The Kier molecular flexibility index (Phi) is 8.51. The SMILES string of the molecule is COc1ccc(CN(c2ncns2)S(=O)(=O)c2cc(F)c(Oc3ccc(Cl)cc3-c3ccc4c(c3)CC(=O)N4)cc2F)c(OC)c1. The monoisotopic (exact) mass is 684 g/mol. The average Bonchev–Trinajstić information content (AvgIpc) is 3.70. The van der Waals surface area contributed by atoms with Crippen molar-refractivity contribution < 1.29 is 36.2 Å². The first-order chi connectivity index (χ1) is 22.1.